The Morgan fingerprint density at radius 3 is 0.741 bits per heavy atom. The summed E-state index contributed by atoms with van der Waals surface area (Å²) in [4.78, 5) is 0. The molecule has 58 heavy (non-hydrogen) atoms. The predicted molar refractivity (Wildman–Crippen MR) is 249 cm³/mol. The highest BCUT2D eigenvalue weighted by Crippen LogP contribution is 2.46. The van der Waals surface area contributed by atoms with Gasteiger partial charge in [0.2, 0.25) is 0 Å². The van der Waals surface area contributed by atoms with Crippen molar-refractivity contribution in [2.75, 3.05) is 0 Å². The lowest BCUT2D eigenvalue weighted by molar-refractivity contribution is 1.60. The van der Waals surface area contributed by atoms with Gasteiger partial charge in [0, 0.05) is 0 Å². The van der Waals surface area contributed by atoms with Gasteiger partial charge in [0.15, 0.2) is 0 Å². The molecular weight excluding hydrogens is 697 g/mol. The second kappa shape index (κ2) is 14.2. The smallest absolute Gasteiger partial charge is 0.00262 e. The normalized spacial score (nSPS) is 11.4. The molecule has 0 aromatic heterocycles. The van der Waals surface area contributed by atoms with E-state index < -0.39 is 0 Å². The van der Waals surface area contributed by atoms with Gasteiger partial charge in [-0.15, -0.1) is 0 Å². The van der Waals surface area contributed by atoms with Crippen molar-refractivity contribution in [3.8, 4) is 66.8 Å². The maximum absolute atomic E-state index is 2.42. The van der Waals surface area contributed by atoms with Gasteiger partial charge in [0.05, 0.1) is 0 Å². The van der Waals surface area contributed by atoms with E-state index in [4.69, 9.17) is 0 Å². The molecule has 0 nitrogen and oxygen atoms in total. The van der Waals surface area contributed by atoms with E-state index in [2.05, 4.69) is 231 Å². The van der Waals surface area contributed by atoms with E-state index in [1.165, 1.54) is 110 Å². The lowest BCUT2D eigenvalue weighted by atomic mass is 9.84. The molecule has 0 atom stereocenters. The number of fused-ring (bicyclic) bond motifs is 4. The van der Waals surface area contributed by atoms with Crippen LogP contribution in [0.15, 0.2) is 231 Å². The fourth-order valence-corrected chi connectivity index (χ4v) is 9.23. The summed E-state index contributed by atoms with van der Waals surface area (Å²) in [6, 6.07) is 84.4. The third-order valence-corrected chi connectivity index (χ3v) is 11.9. The topological polar surface area (TPSA) is 0 Å². The zero-order valence-electron chi connectivity index (χ0n) is 31.9. The molecule has 0 saturated heterocycles. The van der Waals surface area contributed by atoms with Gasteiger partial charge < -0.3 is 0 Å². The minimum Gasteiger partial charge on any atom is -0.0622 e. The van der Waals surface area contributed by atoms with Crippen LogP contribution in [0.2, 0.25) is 0 Å². The van der Waals surface area contributed by atoms with E-state index >= 15 is 0 Å². The van der Waals surface area contributed by atoms with E-state index in [9.17, 15) is 0 Å². The van der Waals surface area contributed by atoms with Gasteiger partial charge in [-0.1, -0.05) is 224 Å². The summed E-state index contributed by atoms with van der Waals surface area (Å²) < 4.78 is 0. The summed E-state index contributed by atoms with van der Waals surface area (Å²) in [7, 11) is 0. The first kappa shape index (κ1) is 33.8. The van der Waals surface area contributed by atoms with E-state index in [1.54, 1.807) is 0 Å². The van der Waals surface area contributed by atoms with E-state index in [0.717, 1.165) is 0 Å². The number of rotatable bonds is 6. The Labute approximate surface area is 339 Å². The molecule has 11 rings (SSSR count). The first-order valence-corrected chi connectivity index (χ1v) is 20.1. The van der Waals surface area contributed by atoms with Gasteiger partial charge in [-0.3, -0.25) is 0 Å². The maximum atomic E-state index is 2.42. The van der Waals surface area contributed by atoms with Crippen LogP contribution >= 0.6 is 0 Å². The largest absolute Gasteiger partial charge is 0.0622 e. The van der Waals surface area contributed by atoms with Gasteiger partial charge in [-0.05, 0) is 116 Å². The van der Waals surface area contributed by atoms with Crippen LogP contribution < -0.4 is 0 Å². The molecule has 0 spiro atoms. The van der Waals surface area contributed by atoms with Crippen LogP contribution in [0.1, 0.15) is 0 Å². The highest BCUT2D eigenvalue weighted by molar-refractivity contribution is 6.23. The van der Waals surface area contributed by atoms with Gasteiger partial charge in [0.1, 0.15) is 0 Å². The molecule has 0 N–H and O–H groups in total. The van der Waals surface area contributed by atoms with E-state index in [-0.39, 0.29) is 0 Å². The fourth-order valence-electron chi connectivity index (χ4n) is 9.23. The lowest BCUT2D eigenvalue weighted by Gasteiger charge is -2.19. The molecule has 0 radical (unpaired) electrons. The monoisotopic (exact) mass is 734 g/mol. The third kappa shape index (κ3) is 5.69. The van der Waals surface area contributed by atoms with Crippen molar-refractivity contribution in [2.24, 2.45) is 0 Å². The molecule has 0 saturated carbocycles. The van der Waals surface area contributed by atoms with Gasteiger partial charge >= 0.3 is 0 Å². The summed E-state index contributed by atoms with van der Waals surface area (Å²) in [6.07, 6.45) is 0. The zero-order valence-corrected chi connectivity index (χ0v) is 31.9. The Kier molecular flexibility index (Phi) is 8.26. The predicted octanol–water partition coefficient (Wildman–Crippen LogP) is 16.3. The Morgan fingerprint density at radius 1 is 0.138 bits per heavy atom. The lowest BCUT2D eigenvalue weighted by Crippen LogP contribution is -1.92. The summed E-state index contributed by atoms with van der Waals surface area (Å²) >= 11 is 0. The van der Waals surface area contributed by atoms with Gasteiger partial charge in [-0.2, -0.15) is 0 Å². The molecule has 0 aliphatic heterocycles. The van der Waals surface area contributed by atoms with Crippen LogP contribution in [0.3, 0.4) is 0 Å². The SMILES string of the molecule is c1ccc(-c2ccc(-c3c4ccccc4c(-c4ccccc4)c4cc(-c5ccc(-c6c7ccccc7c(-c7ccccc7)c7ccccc67)cc5)ccc34)cc2)cc1. The summed E-state index contributed by atoms with van der Waals surface area (Å²) in [5.41, 5.74) is 14.8. The molecule has 0 heterocycles. The first-order chi connectivity index (χ1) is 28.8. The zero-order chi connectivity index (χ0) is 38.4. The van der Waals surface area contributed by atoms with Crippen LogP contribution in [0, 0.1) is 0 Å². The number of hydrogen-bond donors (Lipinski definition) is 0. The summed E-state index contributed by atoms with van der Waals surface area (Å²) in [5, 5.41) is 10.1. The maximum Gasteiger partial charge on any atom is -0.00262 e. The van der Waals surface area contributed by atoms with Crippen LogP contribution in [-0.2, 0) is 0 Å². The van der Waals surface area contributed by atoms with Crippen molar-refractivity contribution in [2.45, 2.75) is 0 Å². The average Bonchev–Trinajstić information content (AvgIpc) is 3.30. The van der Waals surface area contributed by atoms with Crippen molar-refractivity contribution in [3.63, 3.8) is 0 Å². The molecular formula is C58H38. The summed E-state index contributed by atoms with van der Waals surface area (Å²) in [5.74, 6) is 0. The summed E-state index contributed by atoms with van der Waals surface area (Å²) in [6.45, 7) is 0. The molecule has 0 aliphatic carbocycles. The fraction of sp³-hybridized carbons (Fsp3) is 0. The van der Waals surface area contributed by atoms with Crippen molar-refractivity contribution < 1.29 is 0 Å². The van der Waals surface area contributed by atoms with Crippen LogP contribution in [0.5, 0.6) is 0 Å². The Bertz CT molecular complexity index is 3210. The minimum absolute atomic E-state index is 1.20. The molecule has 0 amide bonds. The molecule has 270 valence electrons. The van der Waals surface area contributed by atoms with Crippen LogP contribution in [-0.4, -0.2) is 0 Å². The Hall–Kier alpha value is -7.54. The molecule has 0 fully saturated rings. The second-order valence-corrected chi connectivity index (χ2v) is 15.1. The van der Waals surface area contributed by atoms with Crippen molar-refractivity contribution in [1.82, 2.24) is 0 Å². The van der Waals surface area contributed by atoms with Gasteiger partial charge in [-0.25, -0.2) is 0 Å². The highest BCUT2D eigenvalue weighted by atomic mass is 14.2. The average molecular weight is 735 g/mol. The van der Waals surface area contributed by atoms with Crippen molar-refractivity contribution in [1.29, 1.82) is 0 Å². The van der Waals surface area contributed by atoms with Gasteiger partial charge in [0.25, 0.3) is 0 Å². The number of benzene rings is 11. The van der Waals surface area contributed by atoms with E-state index in [0.29, 0.717) is 0 Å². The standard InChI is InChI=1S/C58H38/c1-4-16-39(17-5-1)40-28-32-45(33-29-40)57-51-26-14-15-27-52(51)58(43-20-8-3-9-21-43)54-38-46(36-37-53(54)57)41-30-34-44(35-31-41)56-49-24-12-10-22-47(49)55(42-18-6-2-7-19-42)48-23-11-13-25-50(48)56/h1-38H. The third-order valence-electron chi connectivity index (χ3n) is 11.9. The van der Waals surface area contributed by atoms with Crippen LogP contribution in [0.4, 0.5) is 0 Å². The molecule has 11 aromatic rings. The molecule has 0 aliphatic rings. The molecule has 11 aromatic carbocycles. The van der Waals surface area contributed by atoms with Crippen molar-refractivity contribution >= 4 is 43.1 Å². The van der Waals surface area contributed by atoms with Crippen molar-refractivity contribution in [3.05, 3.63) is 231 Å². The molecule has 0 bridgehead atoms. The van der Waals surface area contributed by atoms with Crippen LogP contribution in [0.25, 0.3) is 110 Å². The minimum atomic E-state index is 1.20. The molecule has 0 unspecified atom stereocenters. The first-order valence-electron chi connectivity index (χ1n) is 20.1. The second-order valence-electron chi connectivity index (χ2n) is 15.1. The Balaban J connectivity index is 1.08. The quantitative estimate of drug-likeness (QED) is 0.149. The highest BCUT2D eigenvalue weighted by Gasteiger charge is 2.19. The Morgan fingerprint density at radius 2 is 0.362 bits per heavy atom. The van der Waals surface area contributed by atoms with E-state index in [1.807, 2.05) is 0 Å². The number of hydrogen-bond acceptors (Lipinski definition) is 0. The molecule has 0 heteroatoms.